The molecule has 2 saturated heterocycles. The van der Waals surface area contributed by atoms with E-state index in [4.69, 9.17) is 37.4 Å². The number of nitrogens with zero attached hydrogens (tertiary/aromatic N) is 3. The SMILES string of the molecule is O=C(O)c1ccc2nc(N3CC4CCC3CC4OCc3c(-c4c(Cl)cccc4Cl)noc3C3CC3)sc2c1. The first-order valence-corrected chi connectivity index (χ1v) is 14.5. The van der Waals surface area contributed by atoms with Crippen LogP contribution in [0.15, 0.2) is 40.9 Å². The van der Waals surface area contributed by atoms with Crippen molar-refractivity contribution < 1.29 is 19.2 Å². The maximum absolute atomic E-state index is 11.4. The number of ether oxygens (including phenoxy) is 1. The van der Waals surface area contributed by atoms with Gasteiger partial charge in [0.1, 0.15) is 11.5 Å². The van der Waals surface area contributed by atoms with Gasteiger partial charge in [-0.05, 0) is 62.4 Å². The number of piperidine rings is 2. The summed E-state index contributed by atoms with van der Waals surface area (Å²) in [5, 5.41) is 15.8. The molecule has 4 fully saturated rings. The Morgan fingerprint density at radius 3 is 2.68 bits per heavy atom. The van der Waals surface area contributed by atoms with Gasteiger partial charge in [0.15, 0.2) is 5.13 Å². The van der Waals surface area contributed by atoms with Crippen molar-refractivity contribution in [1.82, 2.24) is 10.1 Å². The fourth-order valence-electron chi connectivity index (χ4n) is 5.91. The van der Waals surface area contributed by atoms with Crippen LogP contribution in [0.4, 0.5) is 5.13 Å². The smallest absolute Gasteiger partial charge is 0.335 e. The Hall–Kier alpha value is -2.65. The summed E-state index contributed by atoms with van der Waals surface area (Å²) in [6.07, 6.45) is 5.46. The first-order valence-electron chi connectivity index (χ1n) is 12.9. The molecule has 4 aliphatic rings. The van der Waals surface area contributed by atoms with E-state index in [-0.39, 0.29) is 11.7 Å². The van der Waals surface area contributed by atoms with E-state index < -0.39 is 5.97 Å². The molecule has 2 aromatic heterocycles. The zero-order valence-corrected chi connectivity index (χ0v) is 22.7. The standard InChI is InChI=1S/C28H25Cl2N3O4S/c29-19-2-1-3-20(30)24(19)25-18(26(37-32-25)14-4-5-14)13-36-22-11-17-8-6-16(22)12-33(17)28-31-21-9-7-15(27(34)35)10-23(21)38-28/h1-3,7,9-10,14,16-17,22H,4-6,8,11-13H2,(H,34,35). The summed E-state index contributed by atoms with van der Waals surface area (Å²) >= 11 is 14.6. The first-order chi connectivity index (χ1) is 18.5. The molecule has 2 aromatic carbocycles. The van der Waals surface area contributed by atoms with Gasteiger partial charge in [0.05, 0.1) is 38.5 Å². The number of carboxylic acids is 1. The number of hydrogen-bond donors (Lipinski definition) is 1. The number of benzene rings is 2. The number of carboxylic acid groups (broad SMARTS) is 1. The number of thiazole rings is 1. The average Bonchev–Trinajstić information content (AvgIpc) is 3.53. The predicted molar refractivity (Wildman–Crippen MR) is 148 cm³/mol. The lowest BCUT2D eigenvalue weighted by Crippen LogP contribution is -2.55. The van der Waals surface area contributed by atoms with Crippen LogP contribution in [0.1, 0.15) is 59.7 Å². The summed E-state index contributed by atoms with van der Waals surface area (Å²) < 4.78 is 13.3. The summed E-state index contributed by atoms with van der Waals surface area (Å²) in [6.45, 7) is 1.29. The summed E-state index contributed by atoms with van der Waals surface area (Å²) in [6, 6.07) is 10.9. The van der Waals surface area contributed by atoms with Crippen molar-refractivity contribution >= 4 is 55.9 Å². The molecule has 196 valence electrons. The highest BCUT2D eigenvalue weighted by atomic mass is 35.5. The van der Waals surface area contributed by atoms with Gasteiger partial charge in [0.2, 0.25) is 0 Å². The van der Waals surface area contributed by atoms with Gasteiger partial charge in [-0.15, -0.1) is 0 Å². The minimum absolute atomic E-state index is 0.134. The van der Waals surface area contributed by atoms with Gasteiger partial charge < -0.3 is 19.3 Å². The van der Waals surface area contributed by atoms with Crippen LogP contribution in [-0.2, 0) is 11.3 Å². The lowest BCUT2D eigenvalue weighted by Gasteiger charge is -2.49. The Labute approximate surface area is 233 Å². The predicted octanol–water partition coefficient (Wildman–Crippen LogP) is 7.41. The molecule has 2 bridgehead atoms. The van der Waals surface area contributed by atoms with Crippen LogP contribution >= 0.6 is 34.5 Å². The Balaban J connectivity index is 1.10. The third-order valence-corrected chi connectivity index (χ3v) is 9.74. The molecular weight excluding hydrogens is 545 g/mol. The van der Waals surface area contributed by atoms with Crippen LogP contribution < -0.4 is 4.90 Å². The number of hydrogen-bond acceptors (Lipinski definition) is 7. The maximum Gasteiger partial charge on any atom is 0.335 e. The van der Waals surface area contributed by atoms with Crippen molar-refractivity contribution in [3.63, 3.8) is 0 Å². The van der Waals surface area contributed by atoms with E-state index in [0.29, 0.717) is 45.8 Å². The second kappa shape index (κ2) is 9.52. The Morgan fingerprint density at radius 2 is 1.97 bits per heavy atom. The number of aromatic carboxylic acids is 1. The second-order valence-corrected chi connectivity index (χ2v) is 12.3. The molecule has 0 amide bonds. The molecule has 3 atom stereocenters. The molecule has 1 N–H and O–H groups in total. The Kier molecular flexibility index (Phi) is 6.11. The number of fused-ring (bicyclic) bond motifs is 4. The van der Waals surface area contributed by atoms with Crippen molar-refractivity contribution in [2.24, 2.45) is 5.92 Å². The number of halogens is 2. The normalized spacial score (nSPS) is 22.9. The van der Waals surface area contributed by atoms with Gasteiger partial charge >= 0.3 is 5.97 Å². The molecule has 0 spiro atoms. The third kappa shape index (κ3) is 4.28. The van der Waals surface area contributed by atoms with Crippen molar-refractivity contribution in [3.8, 4) is 11.3 Å². The van der Waals surface area contributed by atoms with Crippen molar-refractivity contribution in [2.45, 2.75) is 56.8 Å². The molecule has 4 heterocycles. The van der Waals surface area contributed by atoms with E-state index in [9.17, 15) is 9.90 Å². The molecular formula is C28H25Cl2N3O4S. The molecule has 0 radical (unpaired) electrons. The van der Waals surface area contributed by atoms with Crippen molar-refractivity contribution in [1.29, 1.82) is 0 Å². The van der Waals surface area contributed by atoms with Crippen LogP contribution in [0.5, 0.6) is 0 Å². The molecule has 7 nitrogen and oxygen atoms in total. The third-order valence-electron chi connectivity index (χ3n) is 8.05. The highest BCUT2D eigenvalue weighted by Gasteiger charge is 2.43. The van der Waals surface area contributed by atoms with Crippen LogP contribution in [0.25, 0.3) is 21.5 Å². The van der Waals surface area contributed by atoms with Gasteiger partial charge in [-0.25, -0.2) is 9.78 Å². The number of aromatic nitrogens is 2. The van der Waals surface area contributed by atoms with Crippen LogP contribution in [0.3, 0.4) is 0 Å². The van der Waals surface area contributed by atoms with E-state index in [2.05, 4.69) is 10.1 Å². The molecule has 2 saturated carbocycles. The minimum atomic E-state index is -0.920. The number of anilines is 1. The molecule has 8 rings (SSSR count). The van der Waals surface area contributed by atoms with Crippen LogP contribution in [0.2, 0.25) is 10.0 Å². The van der Waals surface area contributed by atoms with E-state index in [1.54, 1.807) is 29.5 Å². The second-order valence-electron chi connectivity index (χ2n) is 10.5. The molecule has 3 unspecified atom stereocenters. The number of rotatable bonds is 7. The van der Waals surface area contributed by atoms with E-state index in [1.165, 1.54) is 0 Å². The number of carbonyl (C=O) groups is 1. The van der Waals surface area contributed by atoms with Gasteiger partial charge in [0.25, 0.3) is 0 Å². The first kappa shape index (κ1) is 24.4. The monoisotopic (exact) mass is 569 g/mol. The molecule has 38 heavy (non-hydrogen) atoms. The summed E-state index contributed by atoms with van der Waals surface area (Å²) in [5.41, 5.74) is 3.47. The zero-order chi connectivity index (χ0) is 26.0. The van der Waals surface area contributed by atoms with Crippen LogP contribution in [-0.4, -0.2) is 39.9 Å². The summed E-state index contributed by atoms with van der Waals surface area (Å²) in [4.78, 5) is 18.6. The molecule has 10 heteroatoms. The van der Waals surface area contributed by atoms with Crippen LogP contribution in [0, 0.1) is 5.92 Å². The molecule has 2 aliphatic heterocycles. The minimum Gasteiger partial charge on any atom is -0.478 e. The summed E-state index contributed by atoms with van der Waals surface area (Å²) in [7, 11) is 0. The Bertz CT molecular complexity index is 1530. The highest BCUT2D eigenvalue weighted by Crippen LogP contribution is 2.47. The fourth-order valence-corrected chi connectivity index (χ4v) is 7.57. The molecule has 4 aromatic rings. The highest BCUT2D eigenvalue weighted by molar-refractivity contribution is 7.22. The topological polar surface area (TPSA) is 88.7 Å². The largest absolute Gasteiger partial charge is 0.478 e. The van der Waals surface area contributed by atoms with Crippen molar-refractivity contribution in [3.05, 3.63) is 63.3 Å². The van der Waals surface area contributed by atoms with Gasteiger partial charge in [0, 0.05) is 35.5 Å². The van der Waals surface area contributed by atoms with E-state index >= 15 is 0 Å². The maximum atomic E-state index is 11.4. The zero-order valence-electron chi connectivity index (χ0n) is 20.4. The van der Waals surface area contributed by atoms with Gasteiger partial charge in [-0.3, -0.25) is 0 Å². The average molecular weight is 570 g/mol. The van der Waals surface area contributed by atoms with Gasteiger partial charge in [-0.2, -0.15) is 0 Å². The lowest BCUT2D eigenvalue weighted by atomic mass is 9.78. The van der Waals surface area contributed by atoms with E-state index in [1.807, 2.05) is 18.2 Å². The van der Waals surface area contributed by atoms with E-state index in [0.717, 1.165) is 65.3 Å². The Morgan fingerprint density at radius 1 is 1.16 bits per heavy atom. The van der Waals surface area contributed by atoms with Crippen molar-refractivity contribution in [2.75, 3.05) is 11.4 Å². The quantitative estimate of drug-likeness (QED) is 0.248. The lowest BCUT2D eigenvalue weighted by molar-refractivity contribution is -0.0401. The fraction of sp³-hybridized carbons (Fsp3) is 0.393. The van der Waals surface area contributed by atoms with Gasteiger partial charge in [-0.1, -0.05) is 45.8 Å². The molecule has 2 aliphatic carbocycles. The summed E-state index contributed by atoms with van der Waals surface area (Å²) in [5.74, 6) is 0.749.